The lowest BCUT2D eigenvalue weighted by Crippen LogP contribution is -2.53. The molecule has 2 aliphatic rings. The van der Waals surface area contributed by atoms with Gasteiger partial charge in [0.1, 0.15) is 39.1 Å². The van der Waals surface area contributed by atoms with Crippen molar-refractivity contribution in [3.63, 3.8) is 0 Å². The second kappa shape index (κ2) is 11.4. The van der Waals surface area contributed by atoms with Gasteiger partial charge in [-0.1, -0.05) is 12.1 Å². The highest BCUT2D eigenvalue weighted by molar-refractivity contribution is 7.23. The van der Waals surface area contributed by atoms with Crippen LogP contribution in [0.2, 0.25) is 0 Å². The first kappa shape index (κ1) is 31.2. The molecule has 2 aromatic carbocycles. The van der Waals surface area contributed by atoms with Crippen LogP contribution in [0.1, 0.15) is 74.6 Å². The molecule has 12 heteroatoms. The number of esters is 1. The van der Waals surface area contributed by atoms with Crippen LogP contribution in [0.3, 0.4) is 0 Å². The minimum Gasteiger partial charge on any atom is -0.495 e. The Kier molecular flexibility index (Phi) is 8.08. The lowest BCUT2D eigenvalue weighted by molar-refractivity contribution is -0.161. The third-order valence-electron chi connectivity index (χ3n) is 7.69. The van der Waals surface area contributed by atoms with E-state index in [4.69, 9.17) is 14.2 Å². The molecule has 10 nitrogen and oxygen atoms in total. The number of ketones is 1. The van der Waals surface area contributed by atoms with Crippen molar-refractivity contribution in [2.24, 2.45) is 0 Å². The summed E-state index contributed by atoms with van der Waals surface area (Å²) in [6.07, 6.45) is 0.907. The van der Waals surface area contributed by atoms with Crippen LogP contribution in [0.15, 0.2) is 36.4 Å². The first-order valence-corrected chi connectivity index (χ1v) is 15.2. The van der Waals surface area contributed by atoms with E-state index in [0.717, 1.165) is 0 Å². The smallest absolute Gasteiger partial charge is 0.331 e. The predicted molar refractivity (Wildman–Crippen MR) is 164 cm³/mol. The molecule has 0 unspecified atom stereocenters. The number of methoxy groups -OCH3 is 1. The van der Waals surface area contributed by atoms with E-state index in [0.29, 0.717) is 58.1 Å². The van der Waals surface area contributed by atoms with E-state index in [1.165, 1.54) is 50.5 Å². The Morgan fingerprint density at radius 1 is 1.07 bits per heavy atom. The van der Waals surface area contributed by atoms with E-state index >= 15 is 0 Å². The number of likely N-dealkylation sites (tertiary alicyclic amines) is 1. The Morgan fingerprint density at radius 3 is 2.43 bits per heavy atom. The van der Waals surface area contributed by atoms with Crippen LogP contribution in [-0.2, 0) is 9.53 Å². The number of amides is 3. The second-order valence-electron chi connectivity index (χ2n) is 12.7. The fourth-order valence-corrected chi connectivity index (χ4v) is 6.63. The maximum Gasteiger partial charge on any atom is 0.331 e. The Hall–Kier alpha value is -4.19. The van der Waals surface area contributed by atoms with E-state index < -0.39 is 34.6 Å². The average Bonchev–Trinajstić information content (AvgIpc) is 3.30. The molecule has 2 N–H and O–H groups in total. The molecular weight excluding hydrogens is 589 g/mol. The number of hydrogen-bond acceptors (Lipinski definition) is 8. The number of halogens is 1. The number of carbonyl (C=O) groups is 4. The molecule has 2 aliphatic heterocycles. The fourth-order valence-electron chi connectivity index (χ4n) is 5.45. The van der Waals surface area contributed by atoms with Crippen LogP contribution in [0, 0.1) is 5.82 Å². The molecule has 3 heterocycles. The highest BCUT2D eigenvalue weighted by Crippen LogP contribution is 2.43. The Balaban J connectivity index is 1.37. The Labute approximate surface area is 258 Å². The number of rotatable bonds is 5. The monoisotopic (exact) mass is 625 g/mol. The van der Waals surface area contributed by atoms with Gasteiger partial charge in [0.05, 0.1) is 29.4 Å². The van der Waals surface area contributed by atoms with Crippen LogP contribution >= 0.6 is 11.3 Å². The number of carbonyl (C=O) groups excluding carboxylic acids is 4. The van der Waals surface area contributed by atoms with Gasteiger partial charge in [-0.05, 0) is 58.9 Å². The third kappa shape index (κ3) is 6.21. The Morgan fingerprint density at radius 2 is 1.77 bits per heavy atom. The van der Waals surface area contributed by atoms with Crippen LogP contribution in [0.4, 0.5) is 14.2 Å². The van der Waals surface area contributed by atoms with E-state index in [9.17, 15) is 23.6 Å². The van der Waals surface area contributed by atoms with Crippen molar-refractivity contribution in [2.45, 2.75) is 70.6 Å². The molecule has 44 heavy (non-hydrogen) atoms. The van der Waals surface area contributed by atoms with Crippen LogP contribution in [0.5, 0.6) is 11.5 Å². The number of benzene rings is 2. The Bertz CT molecular complexity index is 1650. The number of nitrogens with zero attached hydrogens (tertiary/aromatic N) is 1. The van der Waals surface area contributed by atoms with Crippen molar-refractivity contribution < 1.29 is 37.8 Å². The lowest BCUT2D eigenvalue weighted by atomic mass is 9.82. The SMILES string of the molecule is COc1cccc2c(C(=O)N3CCC4(CC3)CC(=O)c3cc(F)ccc3O4)c(NC(=O)NC(C)(C)C(=O)OC(C)(C)C)sc12. The summed E-state index contributed by atoms with van der Waals surface area (Å²) in [5, 5.41) is 6.35. The maximum absolute atomic E-state index is 14.1. The van der Waals surface area contributed by atoms with Gasteiger partial charge in [-0.15, -0.1) is 11.3 Å². The van der Waals surface area contributed by atoms with E-state index in [1.54, 1.807) is 43.9 Å². The third-order valence-corrected chi connectivity index (χ3v) is 8.82. The van der Waals surface area contributed by atoms with Crippen molar-refractivity contribution in [3.8, 4) is 11.5 Å². The number of thiophene rings is 1. The second-order valence-corrected chi connectivity index (χ2v) is 13.7. The average molecular weight is 626 g/mol. The largest absolute Gasteiger partial charge is 0.495 e. The summed E-state index contributed by atoms with van der Waals surface area (Å²) in [6.45, 7) is 8.91. The van der Waals surface area contributed by atoms with Gasteiger partial charge in [0.2, 0.25) is 0 Å². The maximum atomic E-state index is 14.1. The summed E-state index contributed by atoms with van der Waals surface area (Å²) < 4.78 is 31.6. The van der Waals surface area contributed by atoms with Gasteiger partial charge < -0.3 is 24.4 Å². The highest BCUT2D eigenvalue weighted by atomic mass is 32.1. The van der Waals surface area contributed by atoms with Crippen molar-refractivity contribution in [2.75, 3.05) is 25.5 Å². The normalized spacial score (nSPS) is 16.2. The summed E-state index contributed by atoms with van der Waals surface area (Å²) in [6, 6.07) is 8.58. The van der Waals surface area contributed by atoms with Crippen molar-refractivity contribution in [3.05, 3.63) is 53.3 Å². The molecule has 5 rings (SSSR count). The quantitative estimate of drug-likeness (QED) is 0.337. The molecule has 3 aromatic rings. The molecule has 0 aliphatic carbocycles. The highest BCUT2D eigenvalue weighted by Gasteiger charge is 2.44. The number of ether oxygens (including phenoxy) is 3. The fraction of sp³-hybridized carbons (Fsp3) is 0.438. The molecule has 3 amide bonds. The summed E-state index contributed by atoms with van der Waals surface area (Å²) in [4.78, 5) is 54.5. The minimum absolute atomic E-state index is 0.102. The number of urea groups is 1. The van der Waals surface area contributed by atoms with Crippen molar-refractivity contribution >= 4 is 50.1 Å². The van der Waals surface area contributed by atoms with Crippen LogP contribution in [-0.4, -0.2) is 65.5 Å². The zero-order valence-corrected chi connectivity index (χ0v) is 26.4. The zero-order chi connectivity index (χ0) is 32.0. The standard InChI is InChI=1S/C32H36FN3O7S/c1-30(2,3)43-28(39)31(4,5)35-29(40)34-26-24(19-8-7-9-23(41-6)25(19)44-26)27(38)36-14-12-32(13-15-36)17-21(37)20-16-18(33)10-11-22(20)42-32/h7-11,16H,12-15,17H2,1-6H3,(H2,34,35,40). The molecule has 1 aromatic heterocycles. The molecule has 0 atom stereocenters. The summed E-state index contributed by atoms with van der Waals surface area (Å²) >= 11 is 1.19. The van der Waals surface area contributed by atoms with Gasteiger partial charge in [0, 0.05) is 31.3 Å². The van der Waals surface area contributed by atoms with Gasteiger partial charge in [-0.25, -0.2) is 14.0 Å². The topological polar surface area (TPSA) is 123 Å². The van der Waals surface area contributed by atoms with Gasteiger partial charge in [0.25, 0.3) is 5.91 Å². The molecule has 0 saturated carbocycles. The predicted octanol–water partition coefficient (Wildman–Crippen LogP) is 5.93. The molecule has 0 radical (unpaired) electrons. The molecule has 0 bridgehead atoms. The molecule has 1 spiro atoms. The number of anilines is 1. The van der Waals surface area contributed by atoms with Gasteiger partial charge in [-0.3, -0.25) is 14.9 Å². The number of nitrogens with one attached hydrogen (secondary N) is 2. The lowest BCUT2D eigenvalue weighted by Gasteiger charge is -2.44. The number of hydrogen-bond donors (Lipinski definition) is 2. The van der Waals surface area contributed by atoms with Crippen LogP contribution in [0.25, 0.3) is 10.1 Å². The van der Waals surface area contributed by atoms with E-state index in [1.807, 2.05) is 0 Å². The first-order chi connectivity index (χ1) is 20.6. The van der Waals surface area contributed by atoms with Gasteiger partial charge in [-0.2, -0.15) is 0 Å². The molecule has 234 valence electrons. The van der Waals surface area contributed by atoms with E-state index in [2.05, 4.69) is 10.6 Å². The summed E-state index contributed by atoms with van der Waals surface area (Å²) in [7, 11) is 1.53. The van der Waals surface area contributed by atoms with Gasteiger partial charge >= 0.3 is 12.0 Å². The first-order valence-electron chi connectivity index (χ1n) is 14.3. The van der Waals surface area contributed by atoms with E-state index in [-0.39, 0.29) is 23.7 Å². The summed E-state index contributed by atoms with van der Waals surface area (Å²) in [5.41, 5.74) is -2.34. The molecular formula is C32H36FN3O7S. The molecule has 1 saturated heterocycles. The van der Waals surface area contributed by atoms with Crippen molar-refractivity contribution in [1.29, 1.82) is 0 Å². The van der Waals surface area contributed by atoms with Crippen LogP contribution < -0.4 is 20.1 Å². The minimum atomic E-state index is -1.35. The number of piperidine rings is 1. The molecule has 1 fully saturated rings. The number of fused-ring (bicyclic) bond motifs is 2. The summed E-state index contributed by atoms with van der Waals surface area (Å²) in [5.74, 6) is -0.689. The number of Topliss-reactive ketones (excluding diaryl/α,β-unsaturated/α-hetero) is 1. The van der Waals surface area contributed by atoms with Gasteiger partial charge in [0.15, 0.2) is 5.78 Å². The van der Waals surface area contributed by atoms with Crippen molar-refractivity contribution in [1.82, 2.24) is 10.2 Å². The zero-order valence-electron chi connectivity index (χ0n) is 25.6.